The van der Waals surface area contributed by atoms with Gasteiger partial charge in [0, 0.05) is 34.2 Å². The highest BCUT2D eigenvalue weighted by molar-refractivity contribution is 6.00. The number of aldehydes is 1. The Balaban J connectivity index is 1.97. The van der Waals surface area contributed by atoms with Crippen molar-refractivity contribution in [1.29, 1.82) is 0 Å². The van der Waals surface area contributed by atoms with Crippen LogP contribution < -0.4 is 0 Å². The van der Waals surface area contributed by atoms with Crippen molar-refractivity contribution in [2.24, 2.45) is 0 Å². The largest absolute Gasteiger partial charge is 0.336 e. The van der Waals surface area contributed by atoms with E-state index in [4.69, 9.17) is 0 Å². The maximum Gasteiger partial charge on any atom is 0.242 e. The van der Waals surface area contributed by atoms with Crippen LogP contribution >= 0.6 is 0 Å². The molecule has 4 heteroatoms. The van der Waals surface area contributed by atoms with Crippen molar-refractivity contribution in [3.05, 3.63) is 35.5 Å². The summed E-state index contributed by atoms with van der Waals surface area (Å²) in [7, 11) is 0. The van der Waals surface area contributed by atoms with Crippen LogP contribution in [0.25, 0.3) is 10.9 Å². The van der Waals surface area contributed by atoms with E-state index in [1.807, 2.05) is 40.7 Å². The normalized spacial score (nSPS) is 21.6. The molecule has 3 rings (SSSR count). The number of hydrogen-bond donors (Lipinski definition) is 0. The van der Waals surface area contributed by atoms with Crippen LogP contribution in [0.4, 0.5) is 0 Å². The van der Waals surface area contributed by atoms with Gasteiger partial charge in [0.05, 0.1) is 0 Å². The zero-order valence-corrected chi connectivity index (χ0v) is 14.1. The molecule has 2 aromatic rings. The minimum atomic E-state index is 0.144. The Hall–Kier alpha value is -2.10. The van der Waals surface area contributed by atoms with E-state index in [0.29, 0.717) is 24.2 Å². The van der Waals surface area contributed by atoms with Gasteiger partial charge >= 0.3 is 0 Å². The van der Waals surface area contributed by atoms with E-state index < -0.39 is 0 Å². The molecular formula is C19H24N2O2. The number of likely N-dealkylation sites (tertiary alicyclic amines) is 1. The van der Waals surface area contributed by atoms with Crippen LogP contribution in [-0.2, 0) is 11.3 Å². The molecule has 0 N–H and O–H groups in total. The number of benzene rings is 1. The number of amides is 1. The maximum atomic E-state index is 12.9. The maximum absolute atomic E-state index is 12.9. The average molecular weight is 312 g/mol. The number of nitrogens with zero attached hydrogens (tertiary/aromatic N) is 2. The lowest BCUT2D eigenvalue weighted by atomic mass is 9.97. The number of aromatic nitrogens is 1. The first-order valence-corrected chi connectivity index (χ1v) is 8.38. The fraction of sp³-hybridized carbons (Fsp3) is 0.474. The van der Waals surface area contributed by atoms with Crippen molar-refractivity contribution in [3.63, 3.8) is 0 Å². The first-order chi connectivity index (χ1) is 11.0. The van der Waals surface area contributed by atoms with Crippen LogP contribution in [-0.4, -0.2) is 33.7 Å². The molecule has 1 saturated heterocycles. The van der Waals surface area contributed by atoms with Crippen molar-refractivity contribution < 1.29 is 9.59 Å². The molecule has 0 unspecified atom stereocenters. The van der Waals surface area contributed by atoms with Crippen LogP contribution in [0.2, 0.25) is 0 Å². The molecule has 0 aliphatic carbocycles. The summed E-state index contributed by atoms with van der Waals surface area (Å²) in [6.07, 6.45) is 4.22. The third kappa shape index (κ3) is 2.67. The number of carbonyl (C=O) groups is 2. The first-order valence-electron chi connectivity index (χ1n) is 8.38. The highest BCUT2D eigenvalue weighted by atomic mass is 16.2. The highest BCUT2D eigenvalue weighted by Crippen LogP contribution is 2.27. The van der Waals surface area contributed by atoms with E-state index >= 15 is 0 Å². The molecule has 2 heterocycles. The van der Waals surface area contributed by atoms with Crippen molar-refractivity contribution in [2.75, 3.05) is 0 Å². The van der Waals surface area contributed by atoms with E-state index in [0.717, 1.165) is 35.7 Å². The quantitative estimate of drug-likeness (QED) is 0.813. The molecule has 122 valence electrons. The van der Waals surface area contributed by atoms with E-state index in [2.05, 4.69) is 13.8 Å². The Morgan fingerprint density at radius 3 is 2.52 bits per heavy atom. The fourth-order valence-electron chi connectivity index (χ4n) is 3.94. The monoisotopic (exact) mass is 312 g/mol. The molecule has 1 aromatic carbocycles. The summed E-state index contributed by atoms with van der Waals surface area (Å²) >= 11 is 0. The van der Waals surface area contributed by atoms with Gasteiger partial charge in [0.25, 0.3) is 0 Å². The second kappa shape index (κ2) is 6.19. The lowest BCUT2D eigenvalue weighted by Crippen LogP contribution is -2.48. The molecule has 1 aromatic heterocycles. The highest BCUT2D eigenvalue weighted by Gasteiger charge is 2.29. The second-order valence-corrected chi connectivity index (χ2v) is 6.65. The van der Waals surface area contributed by atoms with Gasteiger partial charge in [-0.2, -0.15) is 0 Å². The molecule has 2 atom stereocenters. The van der Waals surface area contributed by atoms with Gasteiger partial charge < -0.3 is 9.47 Å². The van der Waals surface area contributed by atoms with Crippen LogP contribution in [0, 0.1) is 6.92 Å². The van der Waals surface area contributed by atoms with Crippen molar-refractivity contribution in [3.8, 4) is 0 Å². The fourth-order valence-corrected chi connectivity index (χ4v) is 3.94. The molecule has 1 amide bonds. The van der Waals surface area contributed by atoms with Gasteiger partial charge in [-0.25, -0.2) is 0 Å². The lowest BCUT2D eigenvalue weighted by molar-refractivity contribution is -0.137. The molecule has 1 aliphatic heterocycles. The summed E-state index contributed by atoms with van der Waals surface area (Å²) in [5.41, 5.74) is 2.51. The van der Waals surface area contributed by atoms with Gasteiger partial charge in [-0.05, 0) is 46.1 Å². The number of fused-ring (bicyclic) bond motifs is 1. The zero-order chi connectivity index (χ0) is 16.6. The molecule has 4 nitrogen and oxygen atoms in total. The minimum absolute atomic E-state index is 0.144. The van der Waals surface area contributed by atoms with Gasteiger partial charge in [-0.15, -0.1) is 0 Å². The summed E-state index contributed by atoms with van der Waals surface area (Å²) in [5.74, 6) is 0.144. The van der Waals surface area contributed by atoms with E-state index in [-0.39, 0.29) is 5.91 Å². The van der Waals surface area contributed by atoms with E-state index in [1.54, 1.807) is 0 Å². The molecule has 23 heavy (non-hydrogen) atoms. The van der Waals surface area contributed by atoms with Crippen molar-refractivity contribution >= 4 is 23.1 Å². The SMILES string of the molecule is Cc1c(C=O)c2ccccc2n1CC(=O)N1[C@@H](C)CCC[C@@H]1C. The van der Waals surface area contributed by atoms with Crippen molar-refractivity contribution in [2.45, 2.75) is 58.7 Å². The minimum Gasteiger partial charge on any atom is -0.336 e. The summed E-state index contributed by atoms with van der Waals surface area (Å²) in [6, 6.07) is 8.38. The Bertz CT molecular complexity index is 737. The number of piperidine rings is 1. The third-order valence-electron chi connectivity index (χ3n) is 5.17. The number of rotatable bonds is 3. The van der Waals surface area contributed by atoms with Crippen molar-refractivity contribution in [1.82, 2.24) is 9.47 Å². The van der Waals surface area contributed by atoms with E-state index in [9.17, 15) is 9.59 Å². The van der Waals surface area contributed by atoms with Crippen LogP contribution in [0.15, 0.2) is 24.3 Å². The summed E-state index contributed by atoms with van der Waals surface area (Å²) in [6.45, 7) is 6.48. The lowest BCUT2D eigenvalue weighted by Gasteiger charge is -2.39. The number of hydrogen-bond acceptors (Lipinski definition) is 2. The van der Waals surface area contributed by atoms with Gasteiger partial charge in [0.15, 0.2) is 6.29 Å². The molecule has 1 fully saturated rings. The molecule has 1 aliphatic rings. The Kier molecular flexibility index (Phi) is 4.24. The van der Waals surface area contributed by atoms with Gasteiger partial charge in [-0.1, -0.05) is 18.2 Å². The molecule has 0 spiro atoms. The Labute approximate surface area is 137 Å². The van der Waals surface area contributed by atoms with Gasteiger partial charge in [0.2, 0.25) is 5.91 Å². The zero-order valence-electron chi connectivity index (χ0n) is 14.1. The third-order valence-corrected chi connectivity index (χ3v) is 5.17. The second-order valence-electron chi connectivity index (χ2n) is 6.65. The van der Waals surface area contributed by atoms with Crippen LogP contribution in [0.5, 0.6) is 0 Å². The first kappa shape index (κ1) is 15.8. The topological polar surface area (TPSA) is 42.3 Å². The number of para-hydroxylation sites is 1. The smallest absolute Gasteiger partial charge is 0.242 e. The standard InChI is InChI=1S/C19H24N2O2/c1-13-7-6-8-14(2)21(13)19(23)11-20-15(3)17(12-22)16-9-4-5-10-18(16)20/h4-5,9-10,12-14H,6-8,11H2,1-3H3/t13-,14-/m0/s1. The van der Waals surface area contributed by atoms with Gasteiger partial charge in [0.1, 0.15) is 6.54 Å². The van der Waals surface area contributed by atoms with E-state index in [1.165, 1.54) is 6.42 Å². The summed E-state index contributed by atoms with van der Waals surface area (Å²) < 4.78 is 1.98. The summed E-state index contributed by atoms with van der Waals surface area (Å²) in [5, 5.41) is 0.924. The Morgan fingerprint density at radius 2 is 1.87 bits per heavy atom. The average Bonchev–Trinajstić information content (AvgIpc) is 2.79. The Morgan fingerprint density at radius 1 is 1.22 bits per heavy atom. The predicted octanol–water partition coefficient (Wildman–Crippen LogP) is 3.55. The molecular weight excluding hydrogens is 288 g/mol. The van der Waals surface area contributed by atoms with Gasteiger partial charge in [-0.3, -0.25) is 9.59 Å². The van der Waals surface area contributed by atoms with Crippen LogP contribution in [0.1, 0.15) is 49.2 Å². The molecule has 0 bridgehead atoms. The molecule has 0 saturated carbocycles. The predicted molar refractivity (Wildman–Crippen MR) is 91.7 cm³/mol. The summed E-state index contributed by atoms with van der Waals surface area (Å²) in [4.78, 5) is 26.4. The van der Waals surface area contributed by atoms with Crippen LogP contribution in [0.3, 0.4) is 0 Å². The number of carbonyl (C=O) groups excluding carboxylic acids is 2. The molecule has 0 radical (unpaired) electrons.